The lowest BCUT2D eigenvalue weighted by molar-refractivity contribution is 0.310. The first-order valence-corrected chi connectivity index (χ1v) is 11.0. The first kappa shape index (κ1) is 18.4. The van der Waals surface area contributed by atoms with Crippen LogP contribution in [0.2, 0.25) is 0 Å². The predicted octanol–water partition coefficient (Wildman–Crippen LogP) is 2.00. The molecule has 29 heavy (non-hydrogen) atoms. The summed E-state index contributed by atoms with van der Waals surface area (Å²) in [6, 6.07) is 3.84. The van der Waals surface area contributed by atoms with Gasteiger partial charge in [0.15, 0.2) is 5.82 Å². The summed E-state index contributed by atoms with van der Waals surface area (Å²) in [5.74, 6) is 3.47. The van der Waals surface area contributed by atoms with E-state index in [-0.39, 0.29) is 5.56 Å². The normalized spacial score (nSPS) is 17.3. The largest absolute Gasteiger partial charge is 0.353 e. The lowest BCUT2D eigenvalue weighted by atomic mass is 10.1. The third-order valence-corrected chi connectivity index (χ3v) is 6.38. The fourth-order valence-corrected chi connectivity index (χ4v) is 4.77. The molecule has 0 amide bonds. The molecule has 1 saturated heterocycles. The van der Waals surface area contributed by atoms with E-state index in [9.17, 15) is 4.79 Å². The standard InChI is InChI=1S/C20H23N7OS/c1-26-5-3-15-14(12-26)10-16(19(28)23-15)24-20-22-11-13-2-4-21-18(17(13)25-20)27-6-8-29-9-7-27/h2,4,10-11H,3,5-9,12H2,1H3,(H,23,28)(H,22,24,25). The average molecular weight is 410 g/mol. The number of likely N-dealkylation sites (N-methyl/N-ethyl adjacent to an activating group) is 1. The van der Waals surface area contributed by atoms with Gasteiger partial charge in [-0.25, -0.2) is 15.0 Å². The van der Waals surface area contributed by atoms with Gasteiger partial charge in [-0.3, -0.25) is 4.79 Å². The summed E-state index contributed by atoms with van der Waals surface area (Å²) in [6.07, 6.45) is 4.45. The summed E-state index contributed by atoms with van der Waals surface area (Å²) < 4.78 is 0. The highest BCUT2D eigenvalue weighted by Gasteiger charge is 2.18. The molecular weight excluding hydrogens is 386 g/mol. The van der Waals surface area contributed by atoms with Gasteiger partial charge in [0, 0.05) is 67.6 Å². The van der Waals surface area contributed by atoms with E-state index in [2.05, 4.69) is 37.1 Å². The molecule has 1 fully saturated rings. The smallest absolute Gasteiger partial charge is 0.271 e. The average Bonchev–Trinajstić information content (AvgIpc) is 2.75. The Morgan fingerprint density at radius 3 is 2.93 bits per heavy atom. The number of pyridine rings is 2. The van der Waals surface area contributed by atoms with Crippen molar-refractivity contribution >= 4 is 40.1 Å². The third-order valence-electron chi connectivity index (χ3n) is 5.44. The van der Waals surface area contributed by atoms with Crippen LogP contribution in [0.3, 0.4) is 0 Å². The predicted molar refractivity (Wildman–Crippen MR) is 117 cm³/mol. The molecule has 9 heteroatoms. The van der Waals surface area contributed by atoms with Crippen molar-refractivity contribution in [1.29, 1.82) is 0 Å². The van der Waals surface area contributed by atoms with E-state index in [0.717, 1.165) is 72.1 Å². The molecule has 150 valence electrons. The molecule has 0 radical (unpaired) electrons. The highest BCUT2D eigenvalue weighted by atomic mass is 32.2. The second-order valence-electron chi connectivity index (χ2n) is 7.49. The molecule has 3 aromatic rings. The van der Waals surface area contributed by atoms with Gasteiger partial charge in [-0.2, -0.15) is 11.8 Å². The quantitative estimate of drug-likeness (QED) is 0.679. The number of aromatic amines is 1. The van der Waals surface area contributed by atoms with Gasteiger partial charge in [0.2, 0.25) is 5.95 Å². The number of thioether (sulfide) groups is 1. The Labute approximate surface area is 172 Å². The molecule has 0 saturated carbocycles. The summed E-state index contributed by atoms with van der Waals surface area (Å²) in [5.41, 5.74) is 3.29. The van der Waals surface area contributed by atoms with Crippen molar-refractivity contribution < 1.29 is 0 Å². The molecule has 0 aliphatic carbocycles. The van der Waals surface area contributed by atoms with Crippen molar-refractivity contribution in [2.24, 2.45) is 0 Å². The van der Waals surface area contributed by atoms with Crippen LogP contribution in [0.5, 0.6) is 0 Å². The number of nitrogens with one attached hydrogen (secondary N) is 2. The van der Waals surface area contributed by atoms with Crippen LogP contribution >= 0.6 is 11.8 Å². The van der Waals surface area contributed by atoms with E-state index in [1.54, 1.807) is 12.4 Å². The van der Waals surface area contributed by atoms with Crippen molar-refractivity contribution in [3.63, 3.8) is 0 Å². The molecule has 8 nitrogen and oxygen atoms in total. The number of H-pyrrole nitrogens is 1. The zero-order valence-corrected chi connectivity index (χ0v) is 17.1. The van der Waals surface area contributed by atoms with Crippen molar-refractivity contribution in [3.8, 4) is 0 Å². The van der Waals surface area contributed by atoms with Gasteiger partial charge in [0.05, 0.1) is 0 Å². The van der Waals surface area contributed by atoms with Gasteiger partial charge in [0.25, 0.3) is 5.56 Å². The van der Waals surface area contributed by atoms with Gasteiger partial charge in [-0.15, -0.1) is 0 Å². The van der Waals surface area contributed by atoms with E-state index >= 15 is 0 Å². The van der Waals surface area contributed by atoms with Crippen molar-refractivity contribution in [2.45, 2.75) is 13.0 Å². The molecule has 5 rings (SSSR count). The summed E-state index contributed by atoms with van der Waals surface area (Å²) in [4.78, 5) is 33.8. The van der Waals surface area contributed by atoms with Crippen LogP contribution in [0, 0.1) is 0 Å². The Morgan fingerprint density at radius 1 is 1.21 bits per heavy atom. The lowest BCUT2D eigenvalue weighted by Crippen LogP contribution is -2.33. The molecule has 0 aromatic carbocycles. The number of aromatic nitrogens is 4. The maximum atomic E-state index is 12.5. The minimum absolute atomic E-state index is 0.142. The first-order valence-electron chi connectivity index (χ1n) is 9.82. The Bertz CT molecular complexity index is 1110. The summed E-state index contributed by atoms with van der Waals surface area (Å²) in [6.45, 7) is 3.69. The van der Waals surface area contributed by atoms with Gasteiger partial charge in [0.1, 0.15) is 11.2 Å². The fraction of sp³-hybridized carbons (Fsp3) is 0.400. The fourth-order valence-electron chi connectivity index (χ4n) is 3.87. The van der Waals surface area contributed by atoms with Gasteiger partial charge in [-0.1, -0.05) is 0 Å². The van der Waals surface area contributed by atoms with E-state index in [1.165, 1.54) is 0 Å². The van der Waals surface area contributed by atoms with Crippen LogP contribution < -0.4 is 15.8 Å². The molecule has 0 atom stereocenters. The number of anilines is 3. The molecule has 0 unspecified atom stereocenters. The number of hydrogen-bond donors (Lipinski definition) is 2. The maximum Gasteiger partial charge on any atom is 0.271 e. The van der Waals surface area contributed by atoms with Gasteiger partial charge in [-0.05, 0) is 24.7 Å². The van der Waals surface area contributed by atoms with E-state index in [1.807, 2.05) is 23.9 Å². The molecule has 0 bridgehead atoms. The Kier molecular flexibility index (Phi) is 4.84. The highest BCUT2D eigenvalue weighted by molar-refractivity contribution is 7.99. The molecule has 2 aliphatic rings. The van der Waals surface area contributed by atoms with Crippen LogP contribution in [0.1, 0.15) is 11.3 Å². The van der Waals surface area contributed by atoms with Crippen molar-refractivity contribution in [2.75, 3.05) is 48.4 Å². The topological polar surface area (TPSA) is 90.0 Å². The number of hydrogen-bond acceptors (Lipinski definition) is 8. The number of nitrogens with zero attached hydrogens (tertiary/aromatic N) is 5. The van der Waals surface area contributed by atoms with E-state index in [0.29, 0.717) is 11.6 Å². The summed E-state index contributed by atoms with van der Waals surface area (Å²) in [5, 5.41) is 4.07. The van der Waals surface area contributed by atoms with Crippen molar-refractivity contribution in [1.82, 2.24) is 24.8 Å². The Balaban J connectivity index is 1.50. The van der Waals surface area contributed by atoms with Crippen LogP contribution in [-0.2, 0) is 13.0 Å². The lowest BCUT2D eigenvalue weighted by Gasteiger charge is -2.28. The molecule has 2 N–H and O–H groups in total. The minimum Gasteiger partial charge on any atom is -0.353 e. The molecule has 2 aliphatic heterocycles. The Hall–Kier alpha value is -2.65. The highest BCUT2D eigenvalue weighted by Crippen LogP contribution is 2.26. The number of fused-ring (bicyclic) bond motifs is 2. The molecule has 3 aromatic heterocycles. The van der Waals surface area contributed by atoms with Crippen LogP contribution in [0.25, 0.3) is 10.9 Å². The zero-order valence-electron chi connectivity index (χ0n) is 16.3. The van der Waals surface area contributed by atoms with E-state index < -0.39 is 0 Å². The van der Waals surface area contributed by atoms with Gasteiger partial charge >= 0.3 is 0 Å². The SMILES string of the molecule is CN1CCc2[nH]c(=O)c(Nc3ncc4ccnc(N5CCSCC5)c4n3)cc2C1. The Morgan fingerprint density at radius 2 is 2.07 bits per heavy atom. The minimum atomic E-state index is -0.142. The van der Waals surface area contributed by atoms with Crippen LogP contribution in [-0.4, -0.2) is 63.0 Å². The van der Waals surface area contributed by atoms with Crippen LogP contribution in [0.15, 0.2) is 29.3 Å². The summed E-state index contributed by atoms with van der Waals surface area (Å²) in [7, 11) is 2.08. The first-order chi connectivity index (χ1) is 14.2. The molecule has 0 spiro atoms. The van der Waals surface area contributed by atoms with Crippen LogP contribution in [0.4, 0.5) is 17.5 Å². The summed E-state index contributed by atoms with van der Waals surface area (Å²) >= 11 is 1.96. The van der Waals surface area contributed by atoms with E-state index in [4.69, 9.17) is 4.98 Å². The zero-order chi connectivity index (χ0) is 19.8. The second-order valence-corrected chi connectivity index (χ2v) is 8.72. The molecular formula is C20H23N7OS. The molecule has 5 heterocycles. The monoisotopic (exact) mass is 409 g/mol. The van der Waals surface area contributed by atoms with Crippen molar-refractivity contribution in [3.05, 3.63) is 46.1 Å². The second kappa shape index (κ2) is 7.64. The third kappa shape index (κ3) is 3.67. The number of rotatable bonds is 3. The maximum absolute atomic E-state index is 12.5. The van der Waals surface area contributed by atoms with Gasteiger partial charge < -0.3 is 20.1 Å².